The zero-order valence-corrected chi connectivity index (χ0v) is 31.5. The number of rotatable bonds is 6. The van der Waals surface area contributed by atoms with Crippen molar-refractivity contribution in [1.29, 1.82) is 0 Å². The van der Waals surface area contributed by atoms with Crippen molar-refractivity contribution < 1.29 is 8.83 Å². The van der Waals surface area contributed by atoms with Crippen molar-refractivity contribution in [2.45, 2.75) is 5.41 Å². The molecule has 3 heteroatoms. The summed E-state index contributed by atoms with van der Waals surface area (Å²) in [4.78, 5) is 2.30. The minimum atomic E-state index is -0.505. The summed E-state index contributed by atoms with van der Waals surface area (Å²) in [7, 11) is 0. The first-order valence-corrected chi connectivity index (χ1v) is 19.8. The first-order chi connectivity index (χ1) is 28.8. The molecule has 0 fully saturated rings. The van der Waals surface area contributed by atoms with Crippen molar-refractivity contribution in [2.75, 3.05) is 4.90 Å². The summed E-state index contributed by atoms with van der Waals surface area (Å²) >= 11 is 0. The molecule has 3 nitrogen and oxygen atoms in total. The van der Waals surface area contributed by atoms with E-state index in [9.17, 15) is 0 Å². The Bertz CT molecular complexity index is 3290. The third kappa shape index (κ3) is 4.68. The van der Waals surface area contributed by atoms with Gasteiger partial charge in [0.25, 0.3) is 0 Å². The number of nitrogens with zero attached hydrogens (tertiary/aromatic N) is 1. The summed E-state index contributed by atoms with van der Waals surface area (Å²) in [6, 6.07) is 75.9. The first-order valence-electron chi connectivity index (χ1n) is 19.8. The summed E-state index contributed by atoms with van der Waals surface area (Å²) in [6.45, 7) is 0. The molecule has 1 aliphatic carbocycles. The molecule has 0 unspecified atom stereocenters. The van der Waals surface area contributed by atoms with Gasteiger partial charge in [0.15, 0.2) is 5.58 Å². The van der Waals surface area contributed by atoms with Crippen LogP contribution in [0.4, 0.5) is 17.1 Å². The van der Waals surface area contributed by atoms with Crippen LogP contribution in [0.15, 0.2) is 221 Å². The number of para-hydroxylation sites is 4. The molecular formula is C55H35NO2. The van der Waals surface area contributed by atoms with Crippen molar-refractivity contribution in [2.24, 2.45) is 0 Å². The van der Waals surface area contributed by atoms with Crippen molar-refractivity contribution in [3.8, 4) is 22.3 Å². The van der Waals surface area contributed by atoms with Crippen LogP contribution in [0, 0.1) is 0 Å². The molecule has 12 rings (SSSR count). The van der Waals surface area contributed by atoms with Crippen LogP contribution in [-0.4, -0.2) is 0 Å². The molecule has 1 aliphatic rings. The standard InChI is InChI=1S/C55H35NO2/c1-4-16-37(17-5-1)55(38-18-6-2-7-19-38)48-27-12-10-22-42(48)46-34-47-45-26-15-28-50(54(45)58-52(47)35-49(46)55)56(39-20-8-3-9-21-39)40-32-30-36(31-33-40)41-24-14-25-44-43-23-11-13-29-51(43)57-53(41)44/h1-35H. The van der Waals surface area contributed by atoms with E-state index in [0.29, 0.717) is 0 Å². The van der Waals surface area contributed by atoms with E-state index in [1.807, 2.05) is 12.1 Å². The van der Waals surface area contributed by atoms with Crippen LogP contribution >= 0.6 is 0 Å². The van der Waals surface area contributed by atoms with Gasteiger partial charge in [-0.15, -0.1) is 0 Å². The quantitative estimate of drug-likeness (QED) is 0.170. The molecule has 0 radical (unpaired) electrons. The van der Waals surface area contributed by atoms with Gasteiger partial charge in [0.2, 0.25) is 0 Å². The maximum Gasteiger partial charge on any atom is 0.159 e. The summed E-state index contributed by atoms with van der Waals surface area (Å²) in [5.41, 5.74) is 15.7. The molecule has 2 heterocycles. The molecule has 0 bridgehead atoms. The van der Waals surface area contributed by atoms with Crippen LogP contribution in [0.5, 0.6) is 0 Å². The molecule has 0 N–H and O–H groups in total. The van der Waals surface area contributed by atoms with Crippen molar-refractivity contribution in [3.05, 3.63) is 235 Å². The van der Waals surface area contributed by atoms with Gasteiger partial charge < -0.3 is 13.7 Å². The Morgan fingerprint density at radius 3 is 1.67 bits per heavy atom. The van der Waals surface area contributed by atoms with Gasteiger partial charge in [-0.1, -0.05) is 164 Å². The number of hydrogen-bond donors (Lipinski definition) is 0. The molecule has 0 aliphatic heterocycles. The van der Waals surface area contributed by atoms with E-state index in [0.717, 1.165) is 72.1 Å². The van der Waals surface area contributed by atoms with E-state index in [1.54, 1.807) is 0 Å². The number of anilines is 3. The summed E-state index contributed by atoms with van der Waals surface area (Å²) in [6.07, 6.45) is 0. The van der Waals surface area contributed by atoms with Gasteiger partial charge >= 0.3 is 0 Å². The Kier molecular flexibility index (Phi) is 7.14. The molecule has 58 heavy (non-hydrogen) atoms. The predicted octanol–water partition coefficient (Wildman–Crippen LogP) is 15.0. The Morgan fingerprint density at radius 1 is 0.345 bits per heavy atom. The number of fused-ring (bicyclic) bond motifs is 9. The van der Waals surface area contributed by atoms with Crippen LogP contribution < -0.4 is 4.90 Å². The predicted molar refractivity (Wildman–Crippen MR) is 238 cm³/mol. The van der Waals surface area contributed by atoms with Gasteiger partial charge in [0, 0.05) is 38.5 Å². The lowest BCUT2D eigenvalue weighted by atomic mass is 9.67. The number of hydrogen-bond acceptors (Lipinski definition) is 3. The van der Waals surface area contributed by atoms with Crippen LogP contribution in [0.3, 0.4) is 0 Å². The van der Waals surface area contributed by atoms with Gasteiger partial charge in [0.1, 0.15) is 16.7 Å². The maximum atomic E-state index is 7.11. The SMILES string of the molecule is c1ccc(N(c2ccc(-c3cccc4c3oc3ccccc34)cc2)c2cccc3c2oc2cc4c(cc23)-c2ccccc2C4(c2ccccc2)c2ccccc2)cc1. The molecule has 0 atom stereocenters. The van der Waals surface area contributed by atoms with Crippen molar-refractivity contribution in [3.63, 3.8) is 0 Å². The Hall–Kier alpha value is -7.62. The molecule has 272 valence electrons. The second-order valence-electron chi connectivity index (χ2n) is 15.2. The van der Waals surface area contributed by atoms with Gasteiger partial charge in [-0.3, -0.25) is 0 Å². The Balaban J connectivity index is 1.05. The largest absolute Gasteiger partial charge is 0.455 e. The third-order valence-corrected chi connectivity index (χ3v) is 12.2. The van der Waals surface area contributed by atoms with E-state index in [-0.39, 0.29) is 0 Å². The van der Waals surface area contributed by atoms with Gasteiger partial charge in [-0.2, -0.15) is 0 Å². The van der Waals surface area contributed by atoms with Crippen LogP contribution in [0.2, 0.25) is 0 Å². The topological polar surface area (TPSA) is 29.5 Å². The highest BCUT2D eigenvalue weighted by atomic mass is 16.3. The lowest BCUT2D eigenvalue weighted by Gasteiger charge is -2.33. The minimum Gasteiger partial charge on any atom is -0.455 e. The fraction of sp³-hybridized carbons (Fsp3) is 0.0182. The normalized spacial score (nSPS) is 13.0. The molecule has 2 aromatic heterocycles. The highest BCUT2D eigenvalue weighted by Gasteiger charge is 2.46. The summed E-state index contributed by atoms with van der Waals surface area (Å²) < 4.78 is 13.5. The van der Waals surface area contributed by atoms with Crippen molar-refractivity contribution >= 4 is 60.9 Å². The molecule has 0 saturated carbocycles. The lowest BCUT2D eigenvalue weighted by molar-refractivity contribution is 0.666. The van der Waals surface area contributed by atoms with Gasteiger partial charge in [-0.05, 0) is 87.5 Å². The van der Waals surface area contributed by atoms with Crippen LogP contribution in [0.1, 0.15) is 22.3 Å². The Morgan fingerprint density at radius 2 is 0.914 bits per heavy atom. The number of furan rings is 2. The molecular weight excluding hydrogens is 707 g/mol. The van der Waals surface area contributed by atoms with Gasteiger partial charge in [0.05, 0.1) is 11.1 Å². The average Bonchev–Trinajstić information content (AvgIpc) is 3.95. The van der Waals surface area contributed by atoms with Crippen LogP contribution in [0.25, 0.3) is 66.1 Å². The zero-order chi connectivity index (χ0) is 38.2. The van der Waals surface area contributed by atoms with E-state index >= 15 is 0 Å². The molecule has 11 aromatic rings. The van der Waals surface area contributed by atoms with Crippen molar-refractivity contribution in [1.82, 2.24) is 0 Å². The fourth-order valence-electron chi connectivity index (χ4n) is 9.66. The minimum absolute atomic E-state index is 0.505. The number of benzene rings is 9. The maximum absolute atomic E-state index is 7.11. The molecule has 0 saturated heterocycles. The van der Waals surface area contributed by atoms with E-state index in [2.05, 4.69) is 205 Å². The van der Waals surface area contributed by atoms with E-state index in [4.69, 9.17) is 8.83 Å². The molecule has 0 spiro atoms. The van der Waals surface area contributed by atoms with E-state index < -0.39 is 5.41 Å². The second-order valence-corrected chi connectivity index (χ2v) is 15.2. The molecule has 0 amide bonds. The second kappa shape index (κ2) is 12.7. The Labute approximate surface area is 335 Å². The summed E-state index contributed by atoms with van der Waals surface area (Å²) in [5, 5.41) is 4.44. The average molecular weight is 742 g/mol. The summed E-state index contributed by atoms with van der Waals surface area (Å²) in [5.74, 6) is 0. The lowest BCUT2D eigenvalue weighted by Crippen LogP contribution is -2.28. The smallest absolute Gasteiger partial charge is 0.159 e. The highest BCUT2D eigenvalue weighted by Crippen LogP contribution is 2.57. The zero-order valence-electron chi connectivity index (χ0n) is 31.5. The monoisotopic (exact) mass is 741 g/mol. The van der Waals surface area contributed by atoms with Gasteiger partial charge in [-0.25, -0.2) is 0 Å². The first kappa shape index (κ1) is 32.6. The highest BCUT2D eigenvalue weighted by molar-refractivity contribution is 6.13. The fourth-order valence-corrected chi connectivity index (χ4v) is 9.66. The van der Waals surface area contributed by atoms with Crippen LogP contribution in [-0.2, 0) is 5.41 Å². The third-order valence-electron chi connectivity index (χ3n) is 12.2. The van der Waals surface area contributed by atoms with E-state index in [1.165, 1.54) is 33.4 Å². The molecule has 9 aromatic carbocycles.